The monoisotopic (exact) mass is 303 g/mol. The van der Waals surface area contributed by atoms with Gasteiger partial charge in [-0.15, -0.1) is 0 Å². The minimum atomic E-state index is -0.300. The molecular formula is C13H15Cl2NO3. The smallest absolute Gasteiger partial charge is 0.305 e. The molecule has 0 fully saturated rings. The number of esters is 1. The standard InChI is InChI=1S/C13H15Cl2NO3/c1-2-19-12(18)8-4-7-11(17)16-13-9(14)5-3-6-10(13)15/h3,5-6H,2,4,7-8H2,1H3,(H,16,17). The van der Waals surface area contributed by atoms with Crippen LogP contribution in [0.25, 0.3) is 0 Å². The van der Waals surface area contributed by atoms with Crippen LogP contribution in [0.5, 0.6) is 0 Å². The Balaban J connectivity index is 2.41. The molecule has 1 aromatic carbocycles. The van der Waals surface area contributed by atoms with E-state index in [0.717, 1.165) is 0 Å². The number of carbonyl (C=O) groups excluding carboxylic acids is 2. The van der Waals surface area contributed by atoms with E-state index in [2.05, 4.69) is 5.32 Å². The molecule has 0 bridgehead atoms. The molecule has 6 heteroatoms. The van der Waals surface area contributed by atoms with Crippen LogP contribution in [-0.2, 0) is 14.3 Å². The maximum absolute atomic E-state index is 11.7. The van der Waals surface area contributed by atoms with Gasteiger partial charge in [-0.05, 0) is 25.5 Å². The molecule has 0 aliphatic carbocycles. The van der Waals surface area contributed by atoms with Crippen molar-refractivity contribution in [2.24, 2.45) is 0 Å². The minimum absolute atomic E-state index is 0.209. The van der Waals surface area contributed by atoms with Crippen molar-refractivity contribution in [3.63, 3.8) is 0 Å². The Hall–Kier alpha value is -1.26. The maximum atomic E-state index is 11.7. The zero-order chi connectivity index (χ0) is 14.3. The third-order valence-corrected chi connectivity index (χ3v) is 2.95. The Labute approximate surface area is 122 Å². The third-order valence-electron chi connectivity index (χ3n) is 2.32. The summed E-state index contributed by atoms with van der Waals surface area (Å²) >= 11 is 11.9. The van der Waals surface area contributed by atoms with E-state index in [1.807, 2.05) is 0 Å². The lowest BCUT2D eigenvalue weighted by atomic mass is 10.2. The fourth-order valence-corrected chi connectivity index (χ4v) is 1.94. The molecule has 104 valence electrons. The number of hydrogen-bond donors (Lipinski definition) is 1. The van der Waals surface area contributed by atoms with Crippen LogP contribution in [0.4, 0.5) is 5.69 Å². The predicted octanol–water partition coefficient (Wildman–Crippen LogP) is 3.67. The van der Waals surface area contributed by atoms with Crippen LogP contribution in [0, 0.1) is 0 Å². The van der Waals surface area contributed by atoms with Gasteiger partial charge in [0.25, 0.3) is 0 Å². The van der Waals surface area contributed by atoms with Gasteiger partial charge in [0.05, 0.1) is 22.3 Å². The van der Waals surface area contributed by atoms with Gasteiger partial charge in [0, 0.05) is 12.8 Å². The summed E-state index contributed by atoms with van der Waals surface area (Å²) in [6, 6.07) is 4.98. The number of halogens is 2. The lowest BCUT2D eigenvalue weighted by molar-refractivity contribution is -0.143. The highest BCUT2D eigenvalue weighted by atomic mass is 35.5. The number of carbonyl (C=O) groups is 2. The van der Waals surface area contributed by atoms with Crippen LogP contribution in [0.1, 0.15) is 26.2 Å². The zero-order valence-corrected chi connectivity index (χ0v) is 12.1. The molecule has 0 heterocycles. The normalized spacial score (nSPS) is 10.1. The molecule has 1 amide bonds. The fraction of sp³-hybridized carbons (Fsp3) is 0.385. The van der Waals surface area contributed by atoms with Gasteiger partial charge in [-0.3, -0.25) is 9.59 Å². The fourth-order valence-electron chi connectivity index (χ4n) is 1.45. The van der Waals surface area contributed by atoms with Crippen molar-refractivity contribution in [3.8, 4) is 0 Å². The van der Waals surface area contributed by atoms with E-state index in [1.165, 1.54) is 0 Å². The van der Waals surface area contributed by atoms with Crippen molar-refractivity contribution < 1.29 is 14.3 Å². The lowest BCUT2D eigenvalue weighted by Crippen LogP contribution is -2.13. The highest BCUT2D eigenvalue weighted by Crippen LogP contribution is 2.29. The van der Waals surface area contributed by atoms with Gasteiger partial charge >= 0.3 is 5.97 Å². The van der Waals surface area contributed by atoms with E-state index in [0.29, 0.717) is 28.8 Å². The van der Waals surface area contributed by atoms with E-state index in [9.17, 15) is 9.59 Å². The summed E-state index contributed by atoms with van der Waals surface area (Å²) < 4.78 is 4.77. The summed E-state index contributed by atoms with van der Waals surface area (Å²) in [6.45, 7) is 2.09. The number of para-hydroxylation sites is 1. The quantitative estimate of drug-likeness (QED) is 0.816. The Morgan fingerprint density at radius 3 is 2.42 bits per heavy atom. The van der Waals surface area contributed by atoms with Gasteiger partial charge in [0.1, 0.15) is 0 Å². The first-order chi connectivity index (χ1) is 9.04. The molecule has 0 radical (unpaired) electrons. The second-order valence-corrected chi connectivity index (χ2v) is 4.62. The zero-order valence-electron chi connectivity index (χ0n) is 10.5. The van der Waals surface area contributed by atoms with E-state index >= 15 is 0 Å². The largest absolute Gasteiger partial charge is 0.466 e. The number of rotatable bonds is 6. The summed E-state index contributed by atoms with van der Waals surface area (Å²) in [5.41, 5.74) is 0.395. The Morgan fingerprint density at radius 2 is 1.84 bits per heavy atom. The van der Waals surface area contributed by atoms with Crippen molar-refractivity contribution in [2.75, 3.05) is 11.9 Å². The summed E-state index contributed by atoms with van der Waals surface area (Å²) in [4.78, 5) is 22.8. The van der Waals surface area contributed by atoms with Crippen molar-refractivity contribution in [3.05, 3.63) is 28.2 Å². The van der Waals surface area contributed by atoms with E-state index in [1.54, 1.807) is 25.1 Å². The van der Waals surface area contributed by atoms with Crippen LogP contribution >= 0.6 is 23.2 Å². The van der Waals surface area contributed by atoms with Crippen molar-refractivity contribution >= 4 is 40.8 Å². The van der Waals surface area contributed by atoms with Gasteiger partial charge in [-0.25, -0.2) is 0 Å². The highest BCUT2D eigenvalue weighted by molar-refractivity contribution is 6.39. The number of ether oxygens (including phenoxy) is 1. The Kier molecular flexibility index (Phi) is 6.67. The summed E-state index contributed by atoms with van der Waals surface area (Å²) in [7, 11) is 0. The molecule has 0 atom stereocenters. The molecule has 0 saturated heterocycles. The maximum Gasteiger partial charge on any atom is 0.305 e. The van der Waals surface area contributed by atoms with Crippen molar-refractivity contribution in [1.29, 1.82) is 0 Å². The molecule has 0 aromatic heterocycles. The molecule has 0 spiro atoms. The first kappa shape index (κ1) is 15.8. The SMILES string of the molecule is CCOC(=O)CCCC(=O)Nc1c(Cl)cccc1Cl. The Morgan fingerprint density at radius 1 is 1.21 bits per heavy atom. The van der Waals surface area contributed by atoms with Gasteiger partial charge in [-0.1, -0.05) is 29.3 Å². The van der Waals surface area contributed by atoms with Crippen LogP contribution in [0.2, 0.25) is 10.0 Å². The molecule has 0 aliphatic heterocycles. The van der Waals surface area contributed by atoms with E-state index < -0.39 is 0 Å². The molecule has 0 unspecified atom stereocenters. The summed E-state index contributed by atoms with van der Waals surface area (Å²) in [6.07, 6.45) is 0.852. The highest BCUT2D eigenvalue weighted by Gasteiger charge is 2.10. The predicted molar refractivity (Wildman–Crippen MR) is 75.6 cm³/mol. The van der Waals surface area contributed by atoms with E-state index in [4.69, 9.17) is 27.9 Å². The first-order valence-corrected chi connectivity index (χ1v) is 6.69. The Bertz CT molecular complexity index is 443. The summed E-state index contributed by atoms with van der Waals surface area (Å²) in [5.74, 6) is -0.537. The second kappa shape index (κ2) is 8.02. The molecule has 4 nitrogen and oxygen atoms in total. The topological polar surface area (TPSA) is 55.4 Å². The number of amides is 1. The van der Waals surface area contributed by atoms with Crippen LogP contribution in [0.3, 0.4) is 0 Å². The first-order valence-electron chi connectivity index (χ1n) is 5.94. The van der Waals surface area contributed by atoms with Crippen molar-refractivity contribution in [1.82, 2.24) is 0 Å². The number of nitrogens with one attached hydrogen (secondary N) is 1. The van der Waals surface area contributed by atoms with Gasteiger partial charge in [-0.2, -0.15) is 0 Å². The number of benzene rings is 1. The van der Waals surface area contributed by atoms with Crippen LogP contribution in [-0.4, -0.2) is 18.5 Å². The lowest BCUT2D eigenvalue weighted by Gasteiger charge is -2.08. The average Bonchev–Trinajstić information content (AvgIpc) is 2.34. The van der Waals surface area contributed by atoms with Gasteiger partial charge in [0.2, 0.25) is 5.91 Å². The molecule has 1 rings (SSSR count). The minimum Gasteiger partial charge on any atom is -0.466 e. The van der Waals surface area contributed by atoms with E-state index in [-0.39, 0.29) is 24.7 Å². The number of anilines is 1. The van der Waals surface area contributed by atoms with Crippen molar-refractivity contribution in [2.45, 2.75) is 26.2 Å². The molecule has 0 saturated carbocycles. The summed E-state index contributed by atoms with van der Waals surface area (Å²) in [5, 5.41) is 3.39. The molecule has 1 N–H and O–H groups in total. The van der Waals surface area contributed by atoms with Gasteiger partial charge < -0.3 is 10.1 Å². The molecule has 0 aliphatic rings. The molecule has 1 aromatic rings. The number of hydrogen-bond acceptors (Lipinski definition) is 3. The van der Waals surface area contributed by atoms with Crippen LogP contribution in [0.15, 0.2) is 18.2 Å². The molecular weight excluding hydrogens is 289 g/mol. The third kappa shape index (κ3) is 5.49. The molecule has 19 heavy (non-hydrogen) atoms. The second-order valence-electron chi connectivity index (χ2n) is 3.80. The van der Waals surface area contributed by atoms with Crippen LogP contribution < -0.4 is 5.32 Å². The van der Waals surface area contributed by atoms with Gasteiger partial charge in [0.15, 0.2) is 0 Å². The average molecular weight is 304 g/mol.